The number of ether oxygens (including phenoxy) is 1. The van der Waals surface area contributed by atoms with Gasteiger partial charge in [0.1, 0.15) is 5.82 Å². The molecule has 2 aromatic rings. The van der Waals surface area contributed by atoms with Gasteiger partial charge in [-0.15, -0.1) is 0 Å². The number of hydrogen-bond donors (Lipinski definition) is 1. The van der Waals surface area contributed by atoms with Gasteiger partial charge < -0.3 is 10.1 Å². The summed E-state index contributed by atoms with van der Waals surface area (Å²) >= 11 is 0. The molecule has 1 heterocycles. The van der Waals surface area contributed by atoms with Crippen molar-refractivity contribution in [1.29, 1.82) is 0 Å². The molecule has 4 nitrogen and oxygen atoms in total. The zero-order chi connectivity index (χ0) is 14.7. The molecule has 0 fully saturated rings. The molecule has 2 rings (SSSR count). The van der Waals surface area contributed by atoms with Crippen molar-refractivity contribution in [2.45, 2.75) is 26.4 Å². The molecule has 0 saturated heterocycles. The molecule has 0 saturated carbocycles. The number of halogens is 1. The van der Waals surface area contributed by atoms with Crippen molar-refractivity contribution in [3.63, 3.8) is 0 Å². The second kappa shape index (κ2) is 6.05. The van der Waals surface area contributed by atoms with E-state index in [-0.39, 0.29) is 11.9 Å². The third-order valence-corrected chi connectivity index (χ3v) is 3.42. The summed E-state index contributed by atoms with van der Waals surface area (Å²) in [5.74, 6) is 0.535. The number of rotatable bonds is 5. The summed E-state index contributed by atoms with van der Waals surface area (Å²) in [5, 5.41) is 7.71. The SMILES string of the molecule is COc1c(CNC(C)c2cccc(F)c2)c(C)nn1C. The van der Waals surface area contributed by atoms with Gasteiger partial charge in [0.15, 0.2) is 0 Å². The second-order valence-electron chi connectivity index (χ2n) is 4.85. The maximum Gasteiger partial charge on any atom is 0.216 e. The third kappa shape index (κ3) is 2.99. The van der Waals surface area contributed by atoms with Crippen LogP contribution in [0.1, 0.15) is 29.8 Å². The number of nitrogens with one attached hydrogen (secondary N) is 1. The van der Waals surface area contributed by atoms with Crippen LogP contribution < -0.4 is 10.1 Å². The number of aromatic nitrogens is 2. The molecular weight excluding hydrogens is 257 g/mol. The van der Waals surface area contributed by atoms with E-state index in [0.717, 1.165) is 22.7 Å². The minimum Gasteiger partial charge on any atom is -0.481 e. The molecule has 0 aliphatic carbocycles. The van der Waals surface area contributed by atoms with Crippen molar-refractivity contribution in [2.24, 2.45) is 7.05 Å². The summed E-state index contributed by atoms with van der Waals surface area (Å²) in [5.41, 5.74) is 2.88. The van der Waals surface area contributed by atoms with Gasteiger partial charge in [0.25, 0.3) is 0 Å². The molecule has 5 heteroatoms. The fraction of sp³-hybridized carbons (Fsp3) is 0.400. The first-order chi connectivity index (χ1) is 9.52. The molecule has 0 amide bonds. The largest absolute Gasteiger partial charge is 0.481 e. The first-order valence-corrected chi connectivity index (χ1v) is 6.58. The van der Waals surface area contributed by atoms with Crippen molar-refractivity contribution in [3.8, 4) is 5.88 Å². The van der Waals surface area contributed by atoms with Crippen LogP contribution >= 0.6 is 0 Å². The molecule has 1 aromatic carbocycles. The quantitative estimate of drug-likeness (QED) is 0.913. The highest BCUT2D eigenvalue weighted by Gasteiger charge is 2.15. The fourth-order valence-corrected chi connectivity index (χ4v) is 2.29. The van der Waals surface area contributed by atoms with Crippen LogP contribution in [0.15, 0.2) is 24.3 Å². The smallest absolute Gasteiger partial charge is 0.216 e. The van der Waals surface area contributed by atoms with Crippen LogP contribution in [0.4, 0.5) is 4.39 Å². The van der Waals surface area contributed by atoms with E-state index in [1.54, 1.807) is 23.9 Å². The lowest BCUT2D eigenvalue weighted by Gasteiger charge is -2.14. The molecule has 1 N–H and O–H groups in total. The molecule has 1 aromatic heterocycles. The first-order valence-electron chi connectivity index (χ1n) is 6.58. The van der Waals surface area contributed by atoms with E-state index in [1.165, 1.54) is 6.07 Å². The Bertz CT molecular complexity index is 595. The van der Waals surface area contributed by atoms with E-state index in [1.807, 2.05) is 27.0 Å². The van der Waals surface area contributed by atoms with E-state index >= 15 is 0 Å². The van der Waals surface area contributed by atoms with Crippen molar-refractivity contribution < 1.29 is 9.13 Å². The predicted molar refractivity (Wildman–Crippen MR) is 76.2 cm³/mol. The Kier molecular flexibility index (Phi) is 4.39. The molecule has 0 radical (unpaired) electrons. The zero-order valence-corrected chi connectivity index (χ0v) is 12.3. The average molecular weight is 277 g/mol. The normalized spacial score (nSPS) is 12.4. The number of methoxy groups -OCH3 is 1. The molecule has 0 aliphatic heterocycles. The molecule has 108 valence electrons. The summed E-state index contributed by atoms with van der Waals surface area (Å²) in [6.07, 6.45) is 0. The van der Waals surface area contributed by atoms with Gasteiger partial charge in [0.05, 0.1) is 18.4 Å². The van der Waals surface area contributed by atoms with Gasteiger partial charge in [0.2, 0.25) is 5.88 Å². The summed E-state index contributed by atoms with van der Waals surface area (Å²) < 4.78 is 20.3. The lowest BCUT2D eigenvalue weighted by atomic mass is 10.1. The molecule has 1 atom stereocenters. The minimum absolute atomic E-state index is 0.0509. The van der Waals surface area contributed by atoms with Crippen molar-refractivity contribution in [3.05, 3.63) is 46.9 Å². The Balaban J connectivity index is 2.09. The molecule has 0 bridgehead atoms. The van der Waals surface area contributed by atoms with Gasteiger partial charge in [-0.25, -0.2) is 9.07 Å². The topological polar surface area (TPSA) is 39.1 Å². The highest BCUT2D eigenvalue weighted by atomic mass is 19.1. The predicted octanol–water partition coefficient (Wildman–Crippen LogP) is 2.73. The fourth-order valence-electron chi connectivity index (χ4n) is 2.29. The first kappa shape index (κ1) is 14.5. The van der Waals surface area contributed by atoms with Crippen molar-refractivity contribution >= 4 is 0 Å². The van der Waals surface area contributed by atoms with Crippen molar-refractivity contribution in [2.75, 3.05) is 7.11 Å². The zero-order valence-electron chi connectivity index (χ0n) is 12.3. The number of nitrogens with zero attached hydrogens (tertiary/aromatic N) is 2. The highest BCUT2D eigenvalue weighted by Crippen LogP contribution is 2.22. The minimum atomic E-state index is -0.216. The van der Waals surface area contributed by atoms with E-state index in [9.17, 15) is 4.39 Å². The summed E-state index contributed by atoms with van der Waals surface area (Å²) in [7, 11) is 3.49. The van der Waals surface area contributed by atoms with Gasteiger partial charge >= 0.3 is 0 Å². The van der Waals surface area contributed by atoms with Crippen LogP contribution in [0, 0.1) is 12.7 Å². The van der Waals surface area contributed by atoms with E-state index in [2.05, 4.69) is 10.4 Å². The number of hydrogen-bond acceptors (Lipinski definition) is 3. The highest BCUT2D eigenvalue weighted by molar-refractivity contribution is 5.31. The van der Waals surface area contributed by atoms with Crippen LogP contribution in [0.25, 0.3) is 0 Å². The van der Waals surface area contributed by atoms with Crippen LogP contribution in [-0.4, -0.2) is 16.9 Å². The molecule has 1 unspecified atom stereocenters. The Morgan fingerprint density at radius 1 is 1.45 bits per heavy atom. The van der Waals surface area contributed by atoms with Crippen LogP contribution in [0.5, 0.6) is 5.88 Å². The van der Waals surface area contributed by atoms with E-state index in [0.29, 0.717) is 6.54 Å². The van der Waals surface area contributed by atoms with Gasteiger partial charge in [0, 0.05) is 19.6 Å². The van der Waals surface area contributed by atoms with Gasteiger partial charge in [-0.1, -0.05) is 12.1 Å². The maximum atomic E-state index is 13.2. The van der Waals surface area contributed by atoms with E-state index in [4.69, 9.17) is 4.74 Å². The lowest BCUT2D eigenvalue weighted by Crippen LogP contribution is -2.18. The van der Waals surface area contributed by atoms with E-state index < -0.39 is 0 Å². The third-order valence-electron chi connectivity index (χ3n) is 3.42. The summed E-state index contributed by atoms with van der Waals surface area (Å²) in [6, 6.07) is 6.68. The van der Waals surface area contributed by atoms with Gasteiger partial charge in [-0.3, -0.25) is 0 Å². The Morgan fingerprint density at radius 2 is 2.20 bits per heavy atom. The molecule has 0 aliphatic rings. The molecular formula is C15H20FN3O. The Labute approximate surface area is 118 Å². The molecule has 0 spiro atoms. The van der Waals surface area contributed by atoms with Crippen LogP contribution in [0.3, 0.4) is 0 Å². The monoisotopic (exact) mass is 277 g/mol. The standard InChI is InChI=1S/C15H20FN3O/c1-10(12-6-5-7-13(16)8-12)17-9-14-11(2)18-19(3)15(14)20-4/h5-8,10,17H,9H2,1-4H3. The second-order valence-corrected chi connectivity index (χ2v) is 4.85. The van der Waals surface area contributed by atoms with Gasteiger partial charge in [-0.2, -0.15) is 5.10 Å². The van der Waals surface area contributed by atoms with Crippen LogP contribution in [0.2, 0.25) is 0 Å². The summed E-state index contributed by atoms with van der Waals surface area (Å²) in [4.78, 5) is 0. The number of benzene rings is 1. The van der Waals surface area contributed by atoms with Gasteiger partial charge in [-0.05, 0) is 31.5 Å². The Hall–Kier alpha value is -1.88. The summed E-state index contributed by atoms with van der Waals surface area (Å²) in [6.45, 7) is 4.58. The average Bonchev–Trinajstić information content (AvgIpc) is 2.69. The molecule has 20 heavy (non-hydrogen) atoms. The Morgan fingerprint density at radius 3 is 2.85 bits per heavy atom. The maximum absolute atomic E-state index is 13.2. The lowest BCUT2D eigenvalue weighted by molar-refractivity contribution is 0.367. The van der Waals surface area contributed by atoms with Crippen molar-refractivity contribution in [1.82, 2.24) is 15.1 Å². The number of aryl methyl sites for hydroxylation is 2. The van der Waals surface area contributed by atoms with Crippen LogP contribution in [-0.2, 0) is 13.6 Å².